The van der Waals surface area contributed by atoms with E-state index in [4.69, 9.17) is 5.73 Å². The predicted molar refractivity (Wildman–Crippen MR) is 68.3 cm³/mol. The molecule has 1 aromatic heterocycles. The quantitative estimate of drug-likeness (QED) is 0.845. The van der Waals surface area contributed by atoms with E-state index >= 15 is 0 Å². The van der Waals surface area contributed by atoms with Crippen molar-refractivity contribution in [3.8, 4) is 0 Å². The average Bonchev–Trinajstić information content (AvgIpc) is 2.37. The van der Waals surface area contributed by atoms with Gasteiger partial charge >= 0.3 is 0 Å². The Morgan fingerprint density at radius 1 is 1.47 bits per heavy atom. The Kier molecular flexibility index (Phi) is 5.10. The highest BCUT2D eigenvalue weighted by Crippen LogP contribution is 2.18. The van der Waals surface area contributed by atoms with Gasteiger partial charge in [0, 0.05) is 19.4 Å². The highest BCUT2D eigenvalue weighted by molar-refractivity contribution is 5.81. The molecule has 0 saturated carbocycles. The smallest absolute Gasteiger partial charge is 0.239 e. The molecule has 0 aliphatic rings. The monoisotopic (exact) mass is 235 g/mol. The van der Waals surface area contributed by atoms with E-state index < -0.39 is 6.04 Å². The molecule has 0 radical (unpaired) electrons. The van der Waals surface area contributed by atoms with E-state index in [1.165, 1.54) is 0 Å². The summed E-state index contributed by atoms with van der Waals surface area (Å²) in [7, 11) is 1.79. The molecule has 1 aromatic rings. The summed E-state index contributed by atoms with van der Waals surface area (Å²) < 4.78 is 0. The van der Waals surface area contributed by atoms with Crippen molar-refractivity contribution in [3.05, 3.63) is 30.1 Å². The zero-order chi connectivity index (χ0) is 12.8. The van der Waals surface area contributed by atoms with Crippen molar-refractivity contribution in [2.24, 2.45) is 5.73 Å². The van der Waals surface area contributed by atoms with Crippen molar-refractivity contribution >= 4 is 5.91 Å². The number of hydrogen-bond acceptors (Lipinski definition) is 3. The summed E-state index contributed by atoms with van der Waals surface area (Å²) in [6.45, 7) is 4.02. The van der Waals surface area contributed by atoms with Crippen molar-refractivity contribution < 1.29 is 4.79 Å². The lowest BCUT2D eigenvalue weighted by Gasteiger charge is -2.27. The first kappa shape index (κ1) is 13.6. The number of rotatable bonds is 5. The van der Waals surface area contributed by atoms with Crippen molar-refractivity contribution in [1.82, 2.24) is 9.88 Å². The van der Waals surface area contributed by atoms with E-state index in [2.05, 4.69) is 4.98 Å². The number of carbonyl (C=O) groups excluding carboxylic acids is 1. The summed E-state index contributed by atoms with van der Waals surface area (Å²) >= 11 is 0. The molecule has 1 unspecified atom stereocenters. The Hall–Kier alpha value is -1.42. The van der Waals surface area contributed by atoms with E-state index in [0.717, 1.165) is 18.4 Å². The van der Waals surface area contributed by atoms with Gasteiger partial charge in [-0.15, -0.1) is 0 Å². The summed E-state index contributed by atoms with van der Waals surface area (Å²) in [4.78, 5) is 17.7. The van der Waals surface area contributed by atoms with Gasteiger partial charge < -0.3 is 10.6 Å². The van der Waals surface area contributed by atoms with Crippen LogP contribution < -0.4 is 5.73 Å². The predicted octanol–water partition coefficient (Wildman–Crippen LogP) is 1.73. The minimum atomic E-state index is -0.394. The summed E-state index contributed by atoms with van der Waals surface area (Å²) in [5, 5.41) is 0. The molecule has 94 valence electrons. The molecule has 2 atom stereocenters. The van der Waals surface area contributed by atoms with Gasteiger partial charge in [-0.1, -0.05) is 13.3 Å². The third kappa shape index (κ3) is 3.53. The van der Waals surface area contributed by atoms with Crippen LogP contribution in [0.25, 0.3) is 0 Å². The van der Waals surface area contributed by atoms with Crippen LogP contribution >= 0.6 is 0 Å². The second-order valence-corrected chi connectivity index (χ2v) is 4.30. The fourth-order valence-corrected chi connectivity index (χ4v) is 1.75. The van der Waals surface area contributed by atoms with E-state index in [0.29, 0.717) is 0 Å². The van der Waals surface area contributed by atoms with E-state index in [-0.39, 0.29) is 11.9 Å². The van der Waals surface area contributed by atoms with Gasteiger partial charge in [0.05, 0.1) is 12.1 Å². The minimum absolute atomic E-state index is 0.00355. The molecular formula is C13H21N3O. The van der Waals surface area contributed by atoms with Crippen LogP contribution in [0.3, 0.4) is 0 Å². The molecule has 1 amide bonds. The number of hydrogen-bond donors (Lipinski definition) is 1. The van der Waals surface area contributed by atoms with Crippen molar-refractivity contribution in [2.45, 2.75) is 38.8 Å². The Bertz CT molecular complexity index is 353. The number of carbonyl (C=O) groups is 1. The second-order valence-electron chi connectivity index (χ2n) is 4.30. The van der Waals surface area contributed by atoms with Crippen LogP contribution in [-0.4, -0.2) is 28.9 Å². The van der Waals surface area contributed by atoms with Gasteiger partial charge in [-0.05, 0) is 31.0 Å². The summed E-state index contributed by atoms with van der Waals surface area (Å²) in [6.07, 6.45) is 5.11. The molecule has 4 heteroatoms. The first-order valence-electron chi connectivity index (χ1n) is 6.00. The van der Waals surface area contributed by atoms with Crippen molar-refractivity contribution in [1.29, 1.82) is 0 Å². The fourth-order valence-electron chi connectivity index (χ4n) is 1.75. The molecule has 17 heavy (non-hydrogen) atoms. The second kappa shape index (κ2) is 6.35. The summed E-state index contributed by atoms with van der Waals surface area (Å²) in [6, 6.07) is 3.46. The van der Waals surface area contributed by atoms with Crippen LogP contribution in [0.2, 0.25) is 0 Å². The van der Waals surface area contributed by atoms with Crippen molar-refractivity contribution in [2.75, 3.05) is 7.05 Å². The van der Waals surface area contributed by atoms with Crippen molar-refractivity contribution in [3.63, 3.8) is 0 Å². The zero-order valence-electron chi connectivity index (χ0n) is 10.8. The number of likely N-dealkylation sites (N-methyl/N-ethyl adjacent to an activating group) is 1. The lowest BCUT2D eigenvalue weighted by atomic mass is 10.1. The summed E-state index contributed by atoms with van der Waals surface area (Å²) in [5.74, 6) is -0.00355. The fraction of sp³-hybridized carbons (Fsp3) is 0.538. The molecule has 0 spiro atoms. The van der Waals surface area contributed by atoms with Gasteiger partial charge in [0.15, 0.2) is 0 Å². The van der Waals surface area contributed by atoms with Gasteiger partial charge in [0.25, 0.3) is 0 Å². The maximum absolute atomic E-state index is 12.0. The first-order valence-corrected chi connectivity index (χ1v) is 6.00. The Morgan fingerprint density at radius 2 is 2.06 bits per heavy atom. The Morgan fingerprint density at radius 3 is 2.59 bits per heavy atom. The highest BCUT2D eigenvalue weighted by Gasteiger charge is 2.22. The zero-order valence-corrected chi connectivity index (χ0v) is 10.8. The maximum atomic E-state index is 12.0. The largest absolute Gasteiger partial charge is 0.338 e. The van der Waals surface area contributed by atoms with E-state index in [1.54, 1.807) is 24.3 Å². The van der Waals surface area contributed by atoms with Gasteiger partial charge in [0.2, 0.25) is 5.91 Å². The molecule has 1 heterocycles. The Labute approximate surface area is 103 Å². The molecule has 0 saturated heterocycles. The number of aromatic nitrogens is 1. The molecule has 0 aliphatic carbocycles. The van der Waals surface area contributed by atoms with E-state index in [9.17, 15) is 4.79 Å². The third-order valence-corrected chi connectivity index (χ3v) is 3.03. The highest BCUT2D eigenvalue weighted by atomic mass is 16.2. The van der Waals surface area contributed by atoms with Crippen LogP contribution in [0.5, 0.6) is 0 Å². The number of amides is 1. The first-order chi connectivity index (χ1) is 8.07. The molecule has 1 rings (SSSR count). The molecular weight excluding hydrogens is 214 g/mol. The number of nitrogens with zero attached hydrogens (tertiary/aromatic N) is 2. The van der Waals surface area contributed by atoms with Crippen LogP contribution in [0, 0.1) is 0 Å². The Balaban J connectivity index is 2.70. The number of pyridine rings is 1. The molecule has 4 nitrogen and oxygen atoms in total. The average molecular weight is 235 g/mol. The van der Waals surface area contributed by atoms with Crippen LogP contribution in [0.4, 0.5) is 0 Å². The van der Waals surface area contributed by atoms with Crippen LogP contribution in [-0.2, 0) is 4.79 Å². The minimum Gasteiger partial charge on any atom is -0.338 e. The topological polar surface area (TPSA) is 59.2 Å². The lowest BCUT2D eigenvalue weighted by Crippen LogP contribution is -2.42. The molecule has 2 N–H and O–H groups in total. The lowest BCUT2D eigenvalue weighted by molar-refractivity contribution is -0.133. The molecule has 0 aromatic carbocycles. The SMILES string of the molecule is CCC[C@H](N)C(=O)N(C)C(C)c1ccncc1. The van der Waals surface area contributed by atoms with Gasteiger partial charge in [0.1, 0.15) is 0 Å². The normalized spacial score (nSPS) is 14.1. The molecule has 0 bridgehead atoms. The molecule has 0 aliphatic heterocycles. The standard InChI is InChI=1S/C13H21N3O/c1-4-5-12(14)13(17)16(3)10(2)11-6-8-15-9-7-11/h6-10,12H,4-5,14H2,1-3H3/t10?,12-/m0/s1. The van der Waals surface area contributed by atoms with Crippen LogP contribution in [0.15, 0.2) is 24.5 Å². The van der Waals surface area contributed by atoms with Gasteiger partial charge in [-0.3, -0.25) is 9.78 Å². The van der Waals surface area contributed by atoms with Crippen LogP contribution in [0.1, 0.15) is 38.3 Å². The maximum Gasteiger partial charge on any atom is 0.239 e. The number of nitrogens with two attached hydrogens (primary N) is 1. The summed E-state index contributed by atoms with van der Waals surface area (Å²) in [5.41, 5.74) is 6.91. The molecule has 0 fully saturated rings. The van der Waals surface area contributed by atoms with Gasteiger partial charge in [-0.2, -0.15) is 0 Å². The third-order valence-electron chi connectivity index (χ3n) is 3.03. The van der Waals surface area contributed by atoms with Gasteiger partial charge in [-0.25, -0.2) is 0 Å². The van der Waals surface area contributed by atoms with E-state index in [1.807, 2.05) is 26.0 Å².